The van der Waals surface area contributed by atoms with Crippen molar-refractivity contribution in [2.45, 2.75) is 90.1 Å². The van der Waals surface area contributed by atoms with Crippen LogP contribution in [0.5, 0.6) is 5.75 Å². The van der Waals surface area contributed by atoms with Crippen molar-refractivity contribution in [2.24, 2.45) is 0 Å². The summed E-state index contributed by atoms with van der Waals surface area (Å²) in [6.07, 6.45) is 5.97. The van der Waals surface area contributed by atoms with E-state index in [1.807, 2.05) is 25.1 Å². The van der Waals surface area contributed by atoms with Crippen molar-refractivity contribution >= 4 is 21.7 Å². The second-order valence-corrected chi connectivity index (χ2v) is 15.2. The fourth-order valence-corrected chi connectivity index (χ4v) is 8.11. The number of aromatic nitrogens is 3. The summed E-state index contributed by atoms with van der Waals surface area (Å²) in [4.78, 5) is 34.4. The number of rotatable bonds is 17. The van der Waals surface area contributed by atoms with Gasteiger partial charge in [0.15, 0.2) is 5.82 Å². The Morgan fingerprint density at radius 3 is 2.49 bits per heavy atom. The van der Waals surface area contributed by atoms with Gasteiger partial charge >= 0.3 is 0 Å². The minimum absolute atomic E-state index is 0.0365. The predicted molar refractivity (Wildman–Crippen MR) is 202 cm³/mol. The first-order chi connectivity index (χ1) is 25.5. The Labute approximate surface area is 311 Å². The zero-order valence-corrected chi connectivity index (χ0v) is 32.4. The third kappa shape index (κ3) is 8.99. The first kappa shape index (κ1) is 39.7. The number of aryl methyl sites for hydroxylation is 3. The van der Waals surface area contributed by atoms with Gasteiger partial charge in [-0.1, -0.05) is 55.8 Å². The lowest BCUT2D eigenvalue weighted by Crippen LogP contribution is -2.42. The summed E-state index contributed by atoms with van der Waals surface area (Å²) in [5.74, 6) is 1.13. The number of anilines is 1. The lowest BCUT2D eigenvalue weighted by atomic mass is 10.0. The van der Waals surface area contributed by atoms with Crippen LogP contribution >= 0.6 is 0 Å². The van der Waals surface area contributed by atoms with Crippen LogP contribution in [-0.2, 0) is 43.7 Å². The minimum Gasteiger partial charge on any atom is -0.493 e. The molecule has 0 unspecified atom stereocenters. The zero-order chi connectivity index (χ0) is 38.1. The van der Waals surface area contributed by atoms with E-state index in [2.05, 4.69) is 12.1 Å². The van der Waals surface area contributed by atoms with E-state index in [0.717, 1.165) is 42.0 Å². The molecule has 1 aliphatic heterocycles. The summed E-state index contributed by atoms with van der Waals surface area (Å²) in [6.45, 7) is 9.11. The number of unbranched alkanes of at least 4 members (excludes halogenated alkanes) is 1. The number of hydrogen-bond acceptors (Lipinski definition) is 10. The summed E-state index contributed by atoms with van der Waals surface area (Å²) < 4.78 is 53.4. The topological polar surface area (TPSA) is 146 Å². The molecule has 286 valence electrons. The normalized spacial score (nSPS) is 13.6. The highest BCUT2D eigenvalue weighted by Crippen LogP contribution is 2.38. The standard InChI is InChI=1S/C39H51N5O8S/c1-7-9-14-36-40-28(4)33(23-37(45)42(5)30-17-20-50-21-18-30)39(46)43(36)24-29-15-16-31(34(22-29)51-19-8-2)32-12-10-11-13-35(32)53(47,48)44(26-49-6)38-27(3)25-52-41-38/h10-13,15-16,22,25,30H,7-9,14,17-21,23-24,26H2,1-6H3. The summed E-state index contributed by atoms with van der Waals surface area (Å²) in [7, 11) is -0.991. The Morgan fingerprint density at radius 1 is 1.06 bits per heavy atom. The van der Waals surface area contributed by atoms with Crippen LogP contribution < -0.4 is 14.6 Å². The van der Waals surface area contributed by atoms with E-state index in [1.54, 1.807) is 54.6 Å². The maximum atomic E-state index is 14.3. The van der Waals surface area contributed by atoms with Gasteiger partial charge in [-0.25, -0.2) is 17.7 Å². The van der Waals surface area contributed by atoms with E-state index in [4.69, 9.17) is 23.7 Å². The number of hydrogen-bond donors (Lipinski definition) is 0. The van der Waals surface area contributed by atoms with Crippen LogP contribution in [0.1, 0.15) is 74.2 Å². The first-order valence-electron chi connectivity index (χ1n) is 18.2. The number of benzene rings is 2. The Kier molecular flexibility index (Phi) is 13.5. The van der Waals surface area contributed by atoms with Crippen molar-refractivity contribution < 1.29 is 31.9 Å². The fourth-order valence-electron chi connectivity index (χ4n) is 6.52. The number of methoxy groups -OCH3 is 1. The van der Waals surface area contributed by atoms with Crippen LogP contribution in [0.25, 0.3) is 11.1 Å². The van der Waals surface area contributed by atoms with Crippen molar-refractivity contribution in [3.05, 3.63) is 87.3 Å². The largest absolute Gasteiger partial charge is 0.493 e. The highest BCUT2D eigenvalue weighted by molar-refractivity contribution is 7.93. The van der Waals surface area contributed by atoms with Crippen LogP contribution in [0.3, 0.4) is 0 Å². The SMILES string of the molecule is CCCCc1nc(C)c(CC(=O)N(C)C2CCOCC2)c(=O)n1Cc1ccc(-c2ccccc2S(=O)(=O)N(COC)c2nocc2C)c(OCCC)c1. The summed E-state index contributed by atoms with van der Waals surface area (Å²) in [6, 6.07) is 12.3. The third-order valence-electron chi connectivity index (χ3n) is 9.56. The minimum atomic E-state index is -4.20. The van der Waals surface area contributed by atoms with Gasteiger partial charge < -0.3 is 23.6 Å². The van der Waals surface area contributed by atoms with Gasteiger partial charge in [0.25, 0.3) is 15.6 Å². The fraction of sp³-hybridized carbons (Fsp3) is 0.487. The number of carbonyl (C=O) groups excluding carboxylic acids is 1. The molecule has 4 aromatic rings. The lowest BCUT2D eigenvalue weighted by Gasteiger charge is -2.31. The smallest absolute Gasteiger partial charge is 0.268 e. The highest BCUT2D eigenvalue weighted by atomic mass is 32.2. The second-order valence-electron chi connectivity index (χ2n) is 13.4. The molecular formula is C39H51N5O8S. The molecule has 2 aromatic carbocycles. The Hall–Kier alpha value is -4.53. The van der Waals surface area contributed by atoms with Gasteiger partial charge in [0, 0.05) is 67.8 Å². The molecule has 0 bridgehead atoms. The summed E-state index contributed by atoms with van der Waals surface area (Å²) in [5, 5.41) is 3.94. The van der Waals surface area contributed by atoms with Gasteiger partial charge in [-0.2, -0.15) is 0 Å². The molecule has 0 spiro atoms. The number of likely N-dealkylation sites (N-methyl/N-ethyl adjacent to an activating group) is 1. The van der Waals surface area contributed by atoms with Crippen LogP contribution in [0.4, 0.5) is 5.82 Å². The molecule has 14 heteroatoms. The summed E-state index contributed by atoms with van der Waals surface area (Å²) >= 11 is 0. The molecule has 1 aliphatic rings. The molecule has 1 saturated heterocycles. The Bertz CT molecular complexity index is 2040. The number of amides is 1. The van der Waals surface area contributed by atoms with Crippen LogP contribution in [0.2, 0.25) is 0 Å². The van der Waals surface area contributed by atoms with Gasteiger partial charge in [-0.3, -0.25) is 14.2 Å². The first-order valence-corrected chi connectivity index (χ1v) is 19.7. The molecule has 0 N–H and O–H groups in total. The predicted octanol–water partition coefficient (Wildman–Crippen LogP) is 5.67. The van der Waals surface area contributed by atoms with E-state index in [1.165, 1.54) is 13.4 Å². The lowest BCUT2D eigenvalue weighted by molar-refractivity contribution is -0.132. The van der Waals surface area contributed by atoms with Gasteiger partial charge in [0.1, 0.15) is 24.6 Å². The Balaban J connectivity index is 1.54. The van der Waals surface area contributed by atoms with Gasteiger partial charge in [0.05, 0.1) is 24.5 Å². The van der Waals surface area contributed by atoms with Crippen LogP contribution in [-0.4, -0.2) is 80.7 Å². The van der Waals surface area contributed by atoms with Crippen LogP contribution in [0, 0.1) is 13.8 Å². The highest BCUT2D eigenvalue weighted by Gasteiger charge is 2.32. The molecule has 13 nitrogen and oxygen atoms in total. The van der Waals surface area contributed by atoms with E-state index >= 15 is 0 Å². The second kappa shape index (κ2) is 18.0. The average Bonchev–Trinajstić information content (AvgIpc) is 3.59. The number of ether oxygens (including phenoxy) is 3. The van der Waals surface area contributed by atoms with E-state index in [0.29, 0.717) is 65.8 Å². The maximum absolute atomic E-state index is 14.3. The monoisotopic (exact) mass is 749 g/mol. The molecular weight excluding hydrogens is 699 g/mol. The van der Waals surface area contributed by atoms with Crippen molar-refractivity contribution in [3.8, 4) is 16.9 Å². The van der Waals surface area contributed by atoms with Gasteiger partial charge in [-0.15, -0.1) is 0 Å². The van der Waals surface area contributed by atoms with E-state index < -0.39 is 10.0 Å². The maximum Gasteiger partial charge on any atom is 0.268 e. The zero-order valence-electron chi connectivity index (χ0n) is 31.6. The van der Waals surface area contributed by atoms with Gasteiger partial charge in [-0.05, 0) is 57.2 Å². The van der Waals surface area contributed by atoms with Gasteiger partial charge in [0.2, 0.25) is 5.91 Å². The molecule has 0 radical (unpaired) electrons. The molecule has 0 atom stereocenters. The van der Waals surface area contributed by atoms with Crippen molar-refractivity contribution in [3.63, 3.8) is 0 Å². The molecule has 0 saturated carbocycles. The molecule has 3 heterocycles. The average molecular weight is 750 g/mol. The number of nitrogens with zero attached hydrogens (tertiary/aromatic N) is 5. The third-order valence-corrected chi connectivity index (χ3v) is 11.3. The number of sulfonamides is 1. The Morgan fingerprint density at radius 2 is 1.81 bits per heavy atom. The quantitative estimate of drug-likeness (QED) is 0.124. The van der Waals surface area contributed by atoms with E-state index in [-0.39, 0.29) is 47.9 Å². The molecule has 2 aromatic heterocycles. The number of carbonyl (C=O) groups is 1. The van der Waals surface area contributed by atoms with Crippen molar-refractivity contribution in [2.75, 3.05) is 45.0 Å². The van der Waals surface area contributed by atoms with Crippen LogP contribution in [0.15, 0.2) is 62.9 Å². The van der Waals surface area contributed by atoms with E-state index in [9.17, 15) is 18.0 Å². The molecule has 1 fully saturated rings. The van der Waals surface area contributed by atoms with Crippen molar-refractivity contribution in [1.29, 1.82) is 0 Å². The molecule has 5 rings (SSSR count). The molecule has 0 aliphatic carbocycles. The molecule has 53 heavy (non-hydrogen) atoms. The summed E-state index contributed by atoms with van der Waals surface area (Å²) in [5.41, 5.74) is 3.01. The van der Waals surface area contributed by atoms with Crippen molar-refractivity contribution in [1.82, 2.24) is 19.6 Å². The molecule has 1 amide bonds.